The van der Waals surface area contributed by atoms with Gasteiger partial charge in [0.2, 0.25) is 15.9 Å². The molecule has 1 heterocycles. The lowest BCUT2D eigenvalue weighted by Crippen LogP contribution is -2.43. The molecule has 0 aromatic heterocycles. The van der Waals surface area contributed by atoms with Crippen molar-refractivity contribution in [3.05, 3.63) is 64.7 Å². The van der Waals surface area contributed by atoms with Crippen LogP contribution in [0.1, 0.15) is 36.9 Å². The summed E-state index contributed by atoms with van der Waals surface area (Å²) in [6.45, 7) is 2.63. The molecule has 0 spiro atoms. The highest BCUT2D eigenvalue weighted by molar-refractivity contribution is 7.88. The predicted molar refractivity (Wildman–Crippen MR) is 118 cm³/mol. The number of hydrogen-bond donors (Lipinski definition) is 1. The number of hydrogen-bond acceptors (Lipinski definition) is 4. The van der Waals surface area contributed by atoms with E-state index >= 15 is 0 Å². The molecule has 0 saturated carbocycles. The number of sulfonamides is 1. The number of nitrogens with zero attached hydrogens (tertiary/aromatic N) is 1. The highest BCUT2D eigenvalue weighted by Gasteiger charge is 2.31. The van der Waals surface area contributed by atoms with Gasteiger partial charge in [0.25, 0.3) is 0 Å². The first-order valence-corrected chi connectivity index (χ1v) is 11.9. The molecule has 162 valence electrons. The number of amides is 1. The fourth-order valence-electron chi connectivity index (χ4n) is 3.63. The molecule has 1 N–H and O–H groups in total. The van der Waals surface area contributed by atoms with Crippen molar-refractivity contribution in [2.24, 2.45) is 5.92 Å². The summed E-state index contributed by atoms with van der Waals surface area (Å²) in [5.74, 6) is 0.455. The van der Waals surface area contributed by atoms with Crippen LogP contribution in [0.4, 0.5) is 0 Å². The van der Waals surface area contributed by atoms with Crippen molar-refractivity contribution >= 4 is 27.5 Å². The standard InChI is InChI=1S/C22H27ClN2O4S/c1-16(18-6-8-21(29-2)9-7-18)24-22(26)19-10-12-25(13-11-19)30(27,28)15-17-4-3-5-20(23)14-17/h3-9,14,16,19H,10-13,15H2,1-2H3,(H,24,26)/t16-/m1/s1. The minimum absolute atomic E-state index is 0.0368. The summed E-state index contributed by atoms with van der Waals surface area (Å²) in [6, 6.07) is 14.3. The van der Waals surface area contributed by atoms with Crippen LogP contribution < -0.4 is 10.1 Å². The van der Waals surface area contributed by atoms with Crippen molar-refractivity contribution in [1.29, 1.82) is 0 Å². The predicted octanol–water partition coefficient (Wildman–Crippen LogP) is 3.77. The molecular weight excluding hydrogens is 424 g/mol. The summed E-state index contributed by atoms with van der Waals surface area (Å²) in [6.07, 6.45) is 1.02. The topological polar surface area (TPSA) is 75.7 Å². The van der Waals surface area contributed by atoms with Gasteiger partial charge in [0.05, 0.1) is 18.9 Å². The van der Waals surface area contributed by atoms with E-state index in [2.05, 4.69) is 5.32 Å². The summed E-state index contributed by atoms with van der Waals surface area (Å²) >= 11 is 5.96. The molecule has 0 unspecified atom stereocenters. The zero-order valence-electron chi connectivity index (χ0n) is 17.2. The second-order valence-electron chi connectivity index (χ2n) is 7.56. The number of ether oxygens (including phenoxy) is 1. The first-order chi connectivity index (χ1) is 14.3. The van der Waals surface area contributed by atoms with Crippen LogP contribution in [0.5, 0.6) is 5.75 Å². The van der Waals surface area contributed by atoms with Gasteiger partial charge in [0, 0.05) is 24.0 Å². The summed E-state index contributed by atoms with van der Waals surface area (Å²) in [5.41, 5.74) is 1.65. The molecule has 1 aliphatic rings. The highest BCUT2D eigenvalue weighted by Crippen LogP contribution is 2.24. The Balaban J connectivity index is 1.53. The number of halogens is 1. The van der Waals surface area contributed by atoms with Gasteiger partial charge in [0.1, 0.15) is 5.75 Å². The van der Waals surface area contributed by atoms with Crippen molar-refractivity contribution in [2.75, 3.05) is 20.2 Å². The SMILES string of the molecule is COc1ccc([C@@H](C)NC(=O)C2CCN(S(=O)(=O)Cc3cccc(Cl)c3)CC2)cc1. The third-order valence-corrected chi connectivity index (χ3v) is 7.52. The number of piperidine rings is 1. The lowest BCUT2D eigenvalue weighted by Gasteiger charge is -2.31. The molecule has 1 aliphatic heterocycles. The minimum atomic E-state index is -3.44. The maximum atomic E-state index is 12.7. The second-order valence-corrected chi connectivity index (χ2v) is 9.97. The maximum absolute atomic E-state index is 12.7. The van der Waals surface area contributed by atoms with Crippen LogP contribution in [0.3, 0.4) is 0 Å². The monoisotopic (exact) mass is 450 g/mol. The van der Waals surface area contributed by atoms with Crippen LogP contribution in [0.25, 0.3) is 0 Å². The first-order valence-electron chi connectivity index (χ1n) is 9.95. The van der Waals surface area contributed by atoms with Gasteiger partial charge in [-0.1, -0.05) is 35.9 Å². The van der Waals surface area contributed by atoms with E-state index in [9.17, 15) is 13.2 Å². The quantitative estimate of drug-likeness (QED) is 0.696. The van der Waals surface area contributed by atoms with E-state index in [-0.39, 0.29) is 23.6 Å². The average Bonchev–Trinajstić information content (AvgIpc) is 2.73. The molecule has 1 fully saturated rings. The largest absolute Gasteiger partial charge is 0.497 e. The molecule has 0 bridgehead atoms. The molecule has 2 aromatic carbocycles. The van der Waals surface area contributed by atoms with Gasteiger partial charge >= 0.3 is 0 Å². The van der Waals surface area contributed by atoms with Gasteiger partial charge in [0.15, 0.2) is 0 Å². The Labute approximate surface area is 183 Å². The molecule has 2 aromatic rings. The summed E-state index contributed by atoms with van der Waals surface area (Å²) in [4.78, 5) is 12.7. The molecule has 3 rings (SSSR count). The zero-order valence-corrected chi connectivity index (χ0v) is 18.7. The smallest absolute Gasteiger partial charge is 0.223 e. The molecule has 1 amide bonds. The Morgan fingerprint density at radius 2 is 1.87 bits per heavy atom. The molecule has 0 radical (unpaired) electrons. The van der Waals surface area contributed by atoms with Crippen molar-refractivity contribution in [3.63, 3.8) is 0 Å². The Kier molecular flexibility index (Phi) is 7.39. The van der Waals surface area contributed by atoms with Gasteiger partial charge in [-0.15, -0.1) is 0 Å². The van der Waals surface area contributed by atoms with E-state index in [0.29, 0.717) is 36.5 Å². The van der Waals surface area contributed by atoms with Crippen LogP contribution in [-0.2, 0) is 20.6 Å². The van der Waals surface area contributed by atoms with Crippen LogP contribution in [0.2, 0.25) is 5.02 Å². The zero-order chi connectivity index (χ0) is 21.7. The summed E-state index contributed by atoms with van der Waals surface area (Å²) < 4.78 is 32.1. The van der Waals surface area contributed by atoms with Gasteiger partial charge in [-0.3, -0.25) is 4.79 Å². The fourth-order valence-corrected chi connectivity index (χ4v) is 5.40. The third-order valence-electron chi connectivity index (χ3n) is 5.43. The van der Waals surface area contributed by atoms with E-state index in [1.807, 2.05) is 31.2 Å². The van der Waals surface area contributed by atoms with Gasteiger partial charge in [-0.05, 0) is 55.2 Å². The molecule has 30 heavy (non-hydrogen) atoms. The molecular formula is C22H27ClN2O4S. The van der Waals surface area contributed by atoms with E-state index < -0.39 is 10.0 Å². The molecule has 8 heteroatoms. The molecule has 6 nitrogen and oxygen atoms in total. The number of benzene rings is 2. The van der Waals surface area contributed by atoms with E-state index in [4.69, 9.17) is 16.3 Å². The van der Waals surface area contributed by atoms with Crippen molar-refractivity contribution in [1.82, 2.24) is 9.62 Å². The summed E-state index contributed by atoms with van der Waals surface area (Å²) in [5, 5.41) is 3.56. The summed E-state index contributed by atoms with van der Waals surface area (Å²) in [7, 11) is -1.83. The van der Waals surface area contributed by atoms with Crippen LogP contribution in [0.15, 0.2) is 48.5 Å². The fraction of sp³-hybridized carbons (Fsp3) is 0.409. The molecule has 1 saturated heterocycles. The number of carbonyl (C=O) groups excluding carboxylic acids is 1. The second kappa shape index (κ2) is 9.81. The van der Waals surface area contributed by atoms with E-state index in [0.717, 1.165) is 11.3 Å². The normalized spacial score (nSPS) is 16.8. The van der Waals surface area contributed by atoms with Crippen LogP contribution in [-0.4, -0.2) is 38.8 Å². The minimum Gasteiger partial charge on any atom is -0.497 e. The first kappa shape index (κ1) is 22.6. The Bertz CT molecular complexity index is 971. The number of nitrogens with one attached hydrogen (secondary N) is 1. The van der Waals surface area contributed by atoms with Gasteiger partial charge < -0.3 is 10.1 Å². The number of methoxy groups -OCH3 is 1. The van der Waals surface area contributed by atoms with Gasteiger partial charge in [-0.25, -0.2) is 12.7 Å². The Morgan fingerprint density at radius 1 is 1.20 bits per heavy atom. The van der Waals surface area contributed by atoms with Crippen molar-refractivity contribution < 1.29 is 17.9 Å². The van der Waals surface area contributed by atoms with Crippen LogP contribution >= 0.6 is 11.6 Å². The van der Waals surface area contributed by atoms with E-state index in [1.165, 1.54) is 4.31 Å². The highest BCUT2D eigenvalue weighted by atomic mass is 35.5. The van der Waals surface area contributed by atoms with Crippen molar-refractivity contribution in [3.8, 4) is 5.75 Å². The average molecular weight is 451 g/mol. The van der Waals surface area contributed by atoms with E-state index in [1.54, 1.807) is 31.4 Å². The Morgan fingerprint density at radius 3 is 2.47 bits per heavy atom. The maximum Gasteiger partial charge on any atom is 0.223 e. The van der Waals surface area contributed by atoms with Gasteiger partial charge in [-0.2, -0.15) is 0 Å². The van der Waals surface area contributed by atoms with Crippen LogP contribution in [0, 0.1) is 5.92 Å². The lowest BCUT2D eigenvalue weighted by atomic mass is 9.96. The Hall–Kier alpha value is -2.09. The molecule has 0 aliphatic carbocycles. The van der Waals surface area contributed by atoms with Crippen molar-refractivity contribution in [2.45, 2.75) is 31.6 Å². The number of carbonyl (C=O) groups is 1. The third kappa shape index (κ3) is 5.74. The lowest BCUT2D eigenvalue weighted by molar-refractivity contribution is -0.126. The molecule has 1 atom stereocenters. The number of rotatable bonds is 7.